The lowest BCUT2D eigenvalue weighted by Gasteiger charge is -2.38. The molecule has 1 aromatic heterocycles. The highest BCUT2D eigenvalue weighted by molar-refractivity contribution is 7.10. The maximum atomic E-state index is 9.49. The third-order valence-electron chi connectivity index (χ3n) is 2.86. The summed E-state index contributed by atoms with van der Waals surface area (Å²) in [4.78, 5) is 3.14. The highest BCUT2D eigenvalue weighted by Crippen LogP contribution is 2.33. The molecule has 0 aliphatic carbocycles. The van der Waals surface area contributed by atoms with Crippen LogP contribution in [-0.4, -0.2) is 37.1 Å². The third kappa shape index (κ3) is 1.96. The number of thiophene rings is 1. The van der Waals surface area contributed by atoms with Gasteiger partial charge in [-0.05, 0) is 11.4 Å². The second-order valence-corrected chi connectivity index (χ2v) is 4.90. The number of ether oxygens (including phenoxy) is 1. The minimum Gasteiger partial charge on any atom is -0.379 e. The number of nitriles is 1. The lowest BCUT2D eigenvalue weighted by Crippen LogP contribution is -2.51. The summed E-state index contributed by atoms with van der Waals surface area (Å²) in [6, 6.07) is 6.32. The van der Waals surface area contributed by atoms with E-state index in [2.05, 4.69) is 11.0 Å². The van der Waals surface area contributed by atoms with Gasteiger partial charge < -0.3 is 4.74 Å². The van der Waals surface area contributed by atoms with Crippen molar-refractivity contribution in [2.45, 2.75) is 5.54 Å². The molecule has 1 saturated heterocycles. The van der Waals surface area contributed by atoms with Crippen molar-refractivity contribution in [3.8, 4) is 6.07 Å². The van der Waals surface area contributed by atoms with Gasteiger partial charge in [0.2, 0.25) is 0 Å². The van der Waals surface area contributed by atoms with E-state index in [1.165, 1.54) is 0 Å². The quantitative estimate of drug-likeness (QED) is 0.777. The predicted octanol–water partition coefficient (Wildman–Crippen LogP) is 2.04. The Morgan fingerprint density at radius 3 is 2.81 bits per heavy atom. The molecule has 5 heteroatoms. The van der Waals surface area contributed by atoms with Crippen molar-refractivity contribution in [3.63, 3.8) is 0 Å². The van der Waals surface area contributed by atoms with E-state index in [1.54, 1.807) is 11.3 Å². The summed E-state index contributed by atoms with van der Waals surface area (Å²) in [5.74, 6) is 0.296. The minimum absolute atomic E-state index is 0.296. The number of halogens is 1. The number of morpholine rings is 1. The largest absolute Gasteiger partial charge is 0.379 e. The molecule has 0 radical (unpaired) electrons. The van der Waals surface area contributed by atoms with Gasteiger partial charge in [-0.1, -0.05) is 6.07 Å². The second kappa shape index (κ2) is 5.15. The number of hydrogen-bond donors (Lipinski definition) is 0. The van der Waals surface area contributed by atoms with Gasteiger partial charge in [-0.25, -0.2) is 0 Å². The van der Waals surface area contributed by atoms with E-state index in [4.69, 9.17) is 16.3 Å². The van der Waals surface area contributed by atoms with Crippen molar-refractivity contribution in [1.29, 1.82) is 5.26 Å². The molecule has 0 bridgehead atoms. The molecule has 0 saturated carbocycles. The minimum atomic E-state index is -0.681. The van der Waals surface area contributed by atoms with Crippen LogP contribution in [0, 0.1) is 11.3 Å². The molecule has 86 valence electrons. The van der Waals surface area contributed by atoms with Crippen LogP contribution in [0.25, 0.3) is 0 Å². The third-order valence-corrected chi connectivity index (χ3v) is 4.27. The molecule has 1 aliphatic heterocycles. The van der Waals surface area contributed by atoms with Gasteiger partial charge in [-0.3, -0.25) is 4.90 Å². The Morgan fingerprint density at radius 1 is 1.56 bits per heavy atom. The maximum Gasteiger partial charge on any atom is 0.157 e. The summed E-state index contributed by atoms with van der Waals surface area (Å²) in [5.41, 5.74) is -0.681. The average Bonchev–Trinajstić information content (AvgIpc) is 2.87. The topological polar surface area (TPSA) is 36.3 Å². The van der Waals surface area contributed by atoms with Crippen LogP contribution in [0.15, 0.2) is 17.5 Å². The summed E-state index contributed by atoms with van der Waals surface area (Å²) in [5, 5.41) is 11.5. The molecule has 2 heterocycles. The van der Waals surface area contributed by atoms with Gasteiger partial charge in [0.1, 0.15) is 0 Å². The molecule has 0 amide bonds. The Morgan fingerprint density at radius 2 is 2.31 bits per heavy atom. The van der Waals surface area contributed by atoms with Crippen LogP contribution in [0.2, 0.25) is 0 Å². The van der Waals surface area contributed by atoms with E-state index in [0.29, 0.717) is 19.1 Å². The molecule has 1 aliphatic rings. The fourth-order valence-corrected chi connectivity index (χ4v) is 3.28. The second-order valence-electron chi connectivity index (χ2n) is 3.68. The van der Waals surface area contributed by atoms with Crippen molar-refractivity contribution >= 4 is 22.9 Å². The molecule has 1 fully saturated rings. The summed E-state index contributed by atoms with van der Waals surface area (Å²) in [7, 11) is 0. The molecule has 1 aromatic rings. The van der Waals surface area contributed by atoms with E-state index >= 15 is 0 Å². The van der Waals surface area contributed by atoms with Gasteiger partial charge in [-0.15, -0.1) is 22.9 Å². The molecule has 2 rings (SSSR count). The Bertz CT molecular complexity index is 370. The number of nitrogens with zero attached hydrogens (tertiary/aromatic N) is 2. The first-order valence-corrected chi connectivity index (χ1v) is 6.59. The number of rotatable bonds is 3. The lowest BCUT2D eigenvalue weighted by atomic mass is 9.99. The first-order chi connectivity index (χ1) is 7.83. The van der Waals surface area contributed by atoms with Gasteiger partial charge in [0, 0.05) is 18.0 Å². The Kier molecular flexibility index (Phi) is 3.82. The van der Waals surface area contributed by atoms with Crippen LogP contribution in [-0.2, 0) is 10.3 Å². The maximum absolute atomic E-state index is 9.49. The normalized spacial score (nSPS) is 21.2. The van der Waals surface area contributed by atoms with Gasteiger partial charge in [-0.2, -0.15) is 5.26 Å². The van der Waals surface area contributed by atoms with Crippen LogP contribution < -0.4 is 0 Å². The van der Waals surface area contributed by atoms with Crippen molar-refractivity contribution < 1.29 is 4.74 Å². The SMILES string of the molecule is N#CC(CCl)(c1cccs1)N1CCOCC1. The monoisotopic (exact) mass is 256 g/mol. The Labute approximate surface area is 104 Å². The van der Waals surface area contributed by atoms with E-state index in [1.807, 2.05) is 17.5 Å². The summed E-state index contributed by atoms with van der Waals surface area (Å²) in [6.07, 6.45) is 0. The molecular weight excluding hydrogens is 244 g/mol. The number of hydrogen-bond acceptors (Lipinski definition) is 4. The van der Waals surface area contributed by atoms with E-state index < -0.39 is 5.54 Å². The molecule has 0 N–H and O–H groups in total. The summed E-state index contributed by atoms with van der Waals surface area (Å²) < 4.78 is 5.31. The van der Waals surface area contributed by atoms with Crippen LogP contribution >= 0.6 is 22.9 Å². The number of alkyl halides is 1. The first-order valence-electron chi connectivity index (χ1n) is 5.17. The molecule has 0 aromatic carbocycles. The van der Waals surface area contributed by atoms with E-state index in [9.17, 15) is 5.26 Å². The fraction of sp³-hybridized carbons (Fsp3) is 0.545. The van der Waals surface area contributed by atoms with Crippen LogP contribution in [0.5, 0.6) is 0 Å². The summed E-state index contributed by atoms with van der Waals surface area (Å²) >= 11 is 7.63. The molecule has 1 atom stereocenters. The Hall–Kier alpha value is -0.600. The molecule has 3 nitrogen and oxygen atoms in total. The zero-order chi connectivity index (χ0) is 11.4. The van der Waals surface area contributed by atoms with E-state index in [0.717, 1.165) is 18.0 Å². The average molecular weight is 257 g/mol. The lowest BCUT2D eigenvalue weighted by molar-refractivity contribution is 0.00246. The molecule has 1 unspecified atom stereocenters. The van der Waals surface area contributed by atoms with Crippen molar-refractivity contribution in [2.24, 2.45) is 0 Å². The van der Waals surface area contributed by atoms with Gasteiger partial charge in [0.15, 0.2) is 5.54 Å². The highest BCUT2D eigenvalue weighted by atomic mass is 35.5. The highest BCUT2D eigenvalue weighted by Gasteiger charge is 2.39. The van der Waals surface area contributed by atoms with Gasteiger partial charge in [0.25, 0.3) is 0 Å². The van der Waals surface area contributed by atoms with Crippen LogP contribution in [0.1, 0.15) is 4.88 Å². The first kappa shape index (κ1) is 11.9. The van der Waals surface area contributed by atoms with Crippen molar-refractivity contribution in [2.75, 3.05) is 32.2 Å². The molecule has 0 spiro atoms. The molecular formula is C11H13ClN2OS. The van der Waals surface area contributed by atoms with Crippen LogP contribution in [0.4, 0.5) is 0 Å². The van der Waals surface area contributed by atoms with Crippen molar-refractivity contribution in [1.82, 2.24) is 4.90 Å². The standard InChI is InChI=1S/C11H13ClN2OS/c12-8-11(9-13,10-2-1-7-16-10)14-3-5-15-6-4-14/h1-2,7H,3-6,8H2. The Balaban J connectivity index is 2.31. The fourth-order valence-electron chi connectivity index (χ4n) is 1.92. The zero-order valence-corrected chi connectivity index (χ0v) is 10.4. The van der Waals surface area contributed by atoms with Crippen LogP contribution in [0.3, 0.4) is 0 Å². The van der Waals surface area contributed by atoms with E-state index in [-0.39, 0.29) is 0 Å². The predicted molar refractivity (Wildman–Crippen MR) is 64.7 cm³/mol. The zero-order valence-electron chi connectivity index (χ0n) is 8.86. The van der Waals surface area contributed by atoms with Gasteiger partial charge in [0.05, 0.1) is 25.2 Å². The molecule has 16 heavy (non-hydrogen) atoms. The smallest absolute Gasteiger partial charge is 0.157 e. The van der Waals surface area contributed by atoms with Crippen molar-refractivity contribution in [3.05, 3.63) is 22.4 Å². The van der Waals surface area contributed by atoms with Gasteiger partial charge >= 0.3 is 0 Å². The summed E-state index contributed by atoms with van der Waals surface area (Å²) in [6.45, 7) is 2.87.